The first-order valence-corrected chi connectivity index (χ1v) is 5.34. The van der Waals surface area contributed by atoms with Gasteiger partial charge >= 0.3 is 5.97 Å². The number of carboxylic acid groups (broad SMARTS) is 1. The third-order valence-corrected chi connectivity index (χ3v) is 2.56. The summed E-state index contributed by atoms with van der Waals surface area (Å²) in [4.78, 5) is 22.8. The molecule has 0 saturated carbocycles. The van der Waals surface area contributed by atoms with Crippen LogP contribution in [0.5, 0.6) is 0 Å². The van der Waals surface area contributed by atoms with E-state index in [-0.39, 0.29) is 22.0 Å². The highest BCUT2D eigenvalue weighted by Gasteiger charge is 2.16. The first kappa shape index (κ1) is 12.2. The van der Waals surface area contributed by atoms with Gasteiger partial charge < -0.3 is 14.8 Å². The van der Waals surface area contributed by atoms with Crippen LogP contribution in [0, 0.1) is 0 Å². The number of carbonyl (C=O) groups excluding carboxylic acids is 1. The zero-order chi connectivity index (χ0) is 13.1. The Morgan fingerprint density at radius 1 is 1.17 bits per heavy atom. The smallest absolute Gasteiger partial charge is 0.337 e. The summed E-state index contributed by atoms with van der Waals surface area (Å²) in [7, 11) is 0. The number of rotatable bonds is 3. The van der Waals surface area contributed by atoms with Crippen LogP contribution in [0.25, 0.3) is 0 Å². The lowest BCUT2D eigenvalue weighted by Crippen LogP contribution is -2.14. The molecule has 0 bridgehead atoms. The van der Waals surface area contributed by atoms with E-state index in [0.717, 1.165) is 0 Å². The highest BCUT2D eigenvalue weighted by Crippen LogP contribution is 2.20. The minimum absolute atomic E-state index is 0.00506. The van der Waals surface area contributed by atoms with Crippen LogP contribution in [-0.2, 0) is 0 Å². The Balaban J connectivity index is 2.28. The van der Waals surface area contributed by atoms with Gasteiger partial charge in [-0.2, -0.15) is 0 Å². The van der Waals surface area contributed by atoms with Gasteiger partial charge in [0.05, 0.1) is 23.1 Å². The number of amides is 1. The molecule has 0 unspecified atom stereocenters. The van der Waals surface area contributed by atoms with Crippen molar-refractivity contribution < 1.29 is 19.1 Å². The van der Waals surface area contributed by atoms with Crippen LogP contribution in [0.1, 0.15) is 20.7 Å². The zero-order valence-electron chi connectivity index (χ0n) is 9.01. The van der Waals surface area contributed by atoms with Gasteiger partial charge in [-0.1, -0.05) is 12.1 Å². The van der Waals surface area contributed by atoms with E-state index in [2.05, 4.69) is 5.32 Å². The van der Waals surface area contributed by atoms with Crippen LogP contribution in [0.2, 0.25) is 5.22 Å². The maximum absolute atomic E-state index is 11.8. The van der Waals surface area contributed by atoms with E-state index in [0.29, 0.717) is 0 Å². The second kappa shape index (κ2) is 4.93. The highest BCUT2D eigenvalue weighted by molar-refractivity contribution is 6.32. The molecule has 0 radical (unpaired) electrons. The molecule has 18 heavy (non-hydrogen) atoms. The largest absolute Gasteiger partial charge is 0.478 e. The van der Waals surface area contributed by atoms with E-state index in [9.17, 15) is 9.59 Å². The van der Waals surface area contributed by atoms with E-state index < -0.39 is 11.9 Å². The van der Waals surface area contributed by atoms with Gasteiger partial charge in [-0.15, -0.1) is 0 Å². The number of nitrogens with one attached hydrogen (secondary N) is 1. The minimum atomic E-state index is -1.12. The van der Waals surface area contributed by atoms with E-state index in [1.54, 1.807) is 12.1 Å². The van der Waals surface area contributed by atoms with Crippen molar-refractivity contribution in [1.82, 2.24) is 0 Å². The molecule has 0 spiro atoms. The molecule has 0 aliphatic heterocycles. The van der Waals surface area contributed by atoms with E-state index in [1.807, 2.05) is 0 Å². The van der Waals surface area contributed by atoms with Crippen molar-refractivity contribution in [2.24, 2.45) is 0 Å². The van der Waals surface area contributed by atoms with Crippen LogP contribution in [-0.4, -0.2) is 17.0 Å². The summed E-state index contributed by atoms with van der Waals surface area (Å²) in [6, 6.07) is 7.49. The molecule has 5 nitrogen and oxygen atoms in total. The van der Waals surface area contributed by atoms with Gasteiger partial charge in [-0.25, -0.2) is 4.79 Å². The molecule has 1 heterocycles. The van der Waals surface area contributed by atoms with Gasteiger partial charge in [0.15, 0.2) is 0 Å². The van der Waals surface area contributed by atoms with Crippen molar-refractivity contribution in [3.8, 4) is 0 Å². The second-order valence-electron chi connectivity index (χ2n) is 3.41. The topological polar surface area (TPSA) is 79.5 Å². The number of para-hydroxylation sites is 1. The Morgan fingerprint density at radius 2 is 1.89 bits per heavy atom. The SMILES string of the molecule is O=C(O)c1ccccc1NC(=O)c1ccoc1Cl. The number of hydrogen-bond acceptors (Lipinski definition) is 3. The lowest BCUT2D eigenvalue weighted by atomic mass is 10.1. The van der Waals surface area contributed by atoms with Gasteiger partial charge in [-0.3, -0.25) is 4.79 Å². The number of benzene rings is 1. The molecule has 0 aliphatic rings. The minimum Gasteiger partial charge on any atom is -0.478 e. The maximum atomic E-state index is 11.8. The van der Waals surface area contributed by atoms with Crippen molar-refractivity contribution in [2.45, 2.75) is 0 Å². The van der Waals surface area contributed by atoms with Gasteiger partial charge in [0.25, 0.3) is 5.91 Å². The van der Waals surface area contributed by atoms with Gasteiger partial charge in [0.1, 0.15) is 0 Å². The van der Waals surface area contributed by atoms with Crippen molar-refractivity contribution in [2.75, 3.05) is 5.32 Å². The van der Waals surface area contributed by atoms with Gasteiger partial charge in [0.2, 0.25) is 5.22 Å². The summed E-state index contributed by atoms with van der Waals surface area (Å²) in [6.07, 6.45) is 1.28. The third-order valence-electron chi connectivity index (χ3n) is 2.27. The molecule has 2 aromatic rings. The van der Waals surface area contributed by atoms with Gasteiger partial charge in [0, 0.05) is 0 Å². The molecule has 2 rings (SSSR count). The number of halogens is 1. The first-order valence-electron chi connectivity index (χ1n) is 4.96. The van der Waals surface area contributed by atoms with Crippen LogP contribution < -0.4 is 5.32 Å². The summed E-state index contributed by atoms with van der Waals surface area (Å²) in [5.74, 6) is -1.65. The Labute approximate surface area is 107 Å². The predicted octanol–water partition coefficient (Wildman–Crippen LogP) is 2.88. The van der Waals surface area contributed by atoms with E-state index >= 15 is 0 Å². The number of hydrogen-bond donors (Lipinski definition) is 2. The monoisotopic (exact) mass is 265 g/mol. The summed E-state index contributed by atoms with van der Waals surface area (Å²) in [6.45, 7) is 0. The van der Waals surface area contributed by atoms with Crippen LogP contribution >= 0.6 is 11.6 Å². The molecule has 0 saturated heterocycles. The molecule has 1 aromatic carbocycles. The summed E-state index contributed by atoms with van der Waals surface area (Å²) < 4.78 is 4.79. The predicted molar refractivity (Wildman–Crippen MR) is 65.1 cm³/mol. The van der Waals surface area contributed by atoms with Crippen LogP contribution in [0.4, 0.5) is 5.69 Å². The first-order chi connectivity index (χ1) is 8.59. The summed E-state index contributed by atoms with van der Waals surface area (Å²) in [5.41, 5.74) is 0.356. The second-order valence-corrected chi connectivity index (χ2v) is 3.76. The molecule has 92 valence electrons. The molecule has 0 fully saturated rings. The Morgan fingerprint density at radius 3 is 2.50 bits per heavy atom. The normalized spacial score (nSPS) is 10.1. The molecular weight excluding hydrogens is 258 g/mol. The lowest BCUT2D eigenvalue weighted by molar-refractivity contribution is 0.0698. The lowest BCUT2D eigenvalue weighted by Gasteiger charge is -2.07. The van der Waals surface area contributed by atoms with Crippen LogP contribution in [0.15, 0.2) is 41.0 Å². The average Bonchev–Trinajstić information content (AvgIpc) is 2.76. The fourth-order valence-corrected chi connectivity index (χ4v) is 1.62. The van der Waals surface area contributed by atoms with E-state index in [4.69, 9.17) is 21.1 Å². The highest BCUT2D eigenvalue weighted by atomic mass is 35.5. The number of carbonyl (C=O) groups is 2. The molecule has 0 atom stereocenters. The summed E-state index contributed by atoms with van der Waals surface area (Å²) in [5, 5.41) is 11.4. The third kappa shape index (κ3) is 2.36. The maximum Gasteiger partial charge on any atom is 0.337 e. The van der Waals surface area contributed by atoms with Crippen molar-refractivity contribution >= 4 is 29.2 Å². The van der Waals surface area contributed by atoms with Crippen molar-refractivity contribution in [3.05, 3.63) is 52.9 Å². The molecule has 2 N–H and O–H groups in total. The standard InChI is InChI=1S/C12H8ClNO4/c13-10-8(5-6-18-10)11(15)14-9-4-2-1-3-7(9)12(16)17/h1-6H,(H,14,15)(H,16,17). The number of anilines is 1. The summed E-state index contributed by atoms with van der Waals surface area (Å²) >= 11 is 5.66. The fraction of sp³-hybridized carbons (Fsp3) is 0. The Kier molecular flexibility index (Phi) is 3.34. The Hall–Kier alpha value is -2.27. The van der Waals surface area contributed by atoms with E-state index in [1.165, 1.54) is 24.5 Å². The number of carboxylic acids is 1. The number of aromatic carboxylic acids is 1. The molecule has 6 heteroatoms. The van der Waals surface area contributed by atoms with Crippen molar-refractivity contribution in [1.29, 1.82) is 0 Å². The molecule has 1 amide bonds. The molecular formula is C12H8ClNO4. The fourth-order valence-electron chi connectivity index (χ4n) is 1.42. The van der Waals surface area contributed by atoms with Gasteiger partial charge in [-0.05, 0) is 29.8 Å². The Bertz CT molecular complexity index is 606. The quantitative estimate of drug-likeness (QED) is 0.894. The van der Waals surface area contributed by atoms with Crippen molar-refractivity contribution in [3.63, 3.8) is 0 Å². The molecule has 1 aromatic heterocycles. The van der Waals surface area contributed by atoms with Crippen LogP contribution in [0.3, 0.4) is 0 Å². The number of furan rings is 1. The average molecular weight is 266 g/mol. The molecule has 0 aliphatic carbocycles. The zero-order valence-corrected chi connectivity index (χ0v) is 9.77.